The first kappa shape index (κ1) is 9.92. The van der Waals surface area contributed by atoms with E-state index in [2.05, 4.69) is 22.8 Å². The minimum Gasteiger partial charge on any atom is -0.286 e. The van der Waals surface area contributed by atoms with Crippen molar-refractivity contribution in [3.8, 4) is 0 Å². The van der Waals surface area contributed by atoms with E-state index < -0.39 is 0 Å². The highest BCUT2D eigenvalue weighted by atomic mass is 32.1. The van der Waals surface area contributed by atoms with Crippen molar-refractivity contribution in [3.63, 3.8) is 0 Å². The number of aromatic nitrogens is 2. The molecule has 1 atom stereocenters. The van der Waals surface area contributed by atoms with Gasteiger partial charge in [0, 0.05) is 18.2 Å². The highest BCUT2D eigenvalue weighted by Crippen LogP contribution is 2.26. The molecule has 1 saturated heterocycles. The van der Waals surface area contributed by atoms with Crippen molar-refractivity contribution in [1.29, 1.82) is 0 Å². The molecule has 1 aliphatic heterocycles. The standard InChI is InChI=1S/C8H11N3OS2/c1-2-6-9-10-8(14-6)11-4-5(13)3-7(11)12/h5,13H,2-4H2,1H3. The lowest BCUT2D eigenvalue weighted by Gasteiger charge is -2.09. The summed E-state index contributed by atoms with van der Waals surface area (Å²) >= 11 is 5.77. The molecule has 0 spiro atoms. The molecule has 0 N–H and O–H groups in total. The Hall–Kier alpha value is -0.620. The van der Waals surface area contributed by atoms with Gasteiger partial charge in [-0.1, -0.05) is 18.3 Å². The zero-order valence-corrected chi connectivity index (χ0v) is 9.51. The molecule has 0 bridgehead atoms. The van der Waals surface area contributed by atoms with Crippen molar-refractivity contribution in [2.45, 2.75) is 25.0 Å². The van der Waals surface area contributed by atoms with E-state index in [1.54, 1.807) is 4.90 Å². The van der Waals surface area contributed by atoms with E-state index >= 15 is 0 Å². The average molecular weight is 229 g/mol. The van der Waals surface area contributed by atoms with Gasteiger partial charge in [0.2, 0.25) is 11.0 Å². The van der Waals surface area contributed by atoms with E-state index in [-0.39, 0.29) is 11.2 Å². The zero-order chi connectivity index (χ0) is 10.1. The normalized spacial score (nSPS) is 22.0. The number of carbonyl (C=O) groups excluding carboxylic acids is 1. The Balaban J connectivity index is 2.18. The van der Waals surface area contributed by atoms with Gasteiger partial charge in [0.15, 0.2) is 0 Å². The van der Waals surface area contributed by atoms with Crippen molar-refractivity contribution in [2.24, 2.45) is 0 Å². The highest BCUT2D eigenvalue weighted by molar-refractivity contribution is 7.81. The summed E-state index contributed by atoms with van der Waals surface area (Å²) in [5.41, 5.74) is 0. The molecule has 0 saturated carbocycles. The molecule has 6 heteroatoms. The van der Waals surface area contributed by atoms with Crippen LogP contribution in [0.15, 0.2) is 0 Å². The van der Waals surface area contributed by atoms with Gasteiger partial charge in [0.05, 0.1) is 0 Å². The third kappa shape index (κ3) is 1.76. The molecule has 4 nitrogen and oxygen atoms in total. The first-order valence-electron chi connectivity index (χ1n) is 4.51. The van der Waals surface area contributed by atoms with E-state index in [0.29, 0.717) is 18.1 Å². The van der Waals surface area contributed by atoms with Gasteiger partial charge in [-0.15, -0.1) is 10.2 Å². The molecule has 2 rings (SSSR count). The maximum atomic E-state index is 11.5. The number of amides is 1. The fourth-order valence-electron chi connectivity index (χ4n) is 1.37. The first-order chi connectivity index (χ1) is 6.70. The van der Waals surface area contributed by atoms with Crippen molar-refractivity contribution in [2.75, 3.05) is 11.4 Å². The van der Waals surface area contributed by atoms with Crippen LogP contribution < -0.4 is 4.90 Å². The monoisotopic (exact) mass is 229 g/mol. The van der Waals surface area contributed by atoms with E-state index in [1.165, 1.54) is 11.3 Å². The van der Waals surface area contributed by atoms with Crippen LogP contribution in [0.4, 0.5) is 5.13 Å². The molecule has 1 amide bonds. The number of thiol groups is 1. The average Bonchev–Trinajstić information content (AvgIpc) is 2.71. The van der Waals surface area contributed by atoms with E-state index in [9.17, 15) is 4.79 Å². The van der Waals surface area contributed by atoms with Crippen LogP contribution >= 0.6 is 24.0 Å². The minimum absolute atomic E-state index is 0.101. The lowest BCUT2D eigenvalue weighted by molar-refractivity contribution is -0.117. The molecule has 1 aromatic rings. The number of hydrogen-bond acceptors (Lipinski definition) is 5. The molecule has 0 aliphatic carbocycles. The molecule has 1 aliphatic rings. The number of nitrogens with zero attached hydrogens (tertiary/aromatic N) is 3. The smallest absolute Gasteiger partial charge is 0.230 e. The summed E-state index contributed by atoms with van der Waals surface area (Å²) < 4.78 is 0. The van der Waals surface area contributed by atoms with Crippen LogP contribution in [0.1, 0.15) is 18.4 Å². The predicted octanol–water partition coefficient (Wildman–Crippen LogP) is 1.14. The summed E-state index contributed by atoms with van der Waals surface area (Å²) in [7, 11) is 0. The molecule has 76 valence electrons. The summed E-state index contributed by atoms with van der Waals surface area (Å²) in [5.74, 6) is 0.101. The van der Waals surface area contributed by atoms with Crippen molar-refractivity contribution < 1.29 is 4.79 Å². The molecule has 1 fully saturated rings. The van der Waals surface area contributed by atoms with Crippen LogP contribution in [-0.4, -0.2) is 27.9 Å². The van der Waals surface area contributed by atoms with Gasteiger partial charge in [0.25, 0.3) is 0 Å². The SMILES string of the molecule is CCc1nnc(N2CC(S)CC2=O)s1. The van der Waals surface area contributed by atoms with Gasteiger partial charge in [0.1, 0.15) is 5.01 Å². The van der Waals surface area contributed by atoms with Crippen LogP contribution in [0.3, 0.4) is 0 Å². The fraction of sp³-hybridized carbons (Fsp3) is 0.625. The predicted molar refractivity (Wildman–Crippen MR) is 59.0 cm³/mol. The molecular weight excluding hydrogens is 218 g/mol. The number of rotatable bonds is 2. The Bertz CT molecular complexity index is 352. The lowest BCUT2D eigenvalue weighted by Crippen LogP contribution is -2.24. The largest absolute Gasteiger partial charge is 0.286 e. The molecule has 0 aromatic carbocycles. The highest BCUT2D eigenvalue weighted by Gasteiger charge is 2.30. The third-order valence-corrected chi connectivity index (χ3v) is 3.53. The molecule has 0 radical (unpaired) electrons. The van der Waals surface area contributed by atoms with Crippen LogP contribution in [0.2, 0.25) is 0 Å². The number of carbonyl (C=O) groups is 1. The second kappa shape index (κ2) is 3.86. The first-order valence-corrected chi connectivity index (χ1v) is 5.84. The molecule has 1 unspecified atom stereocenters. The Morgan fingerprint density at radius 3 is 2.93 bits per heavy atom. The second-order valence-corrected chi connectivity index (χ2v) is 4.97. The van der Waals surface area contributed by atoms with Crippen molar-refractivity contribution in [3.05, 3.63) is 5.01 Å². The Labute approximate surface area is 91.7 Å². The Morgan fingerprint density at radius 2 is 2.43 bits per heavy atom. The summed E-state index contributed by atoms with van der Waals surface area (Å²) in [4.78, 5) is 13.2. The molecule has 14 heavy (non-hydrogen) atoms. The topological polar surface area (TPSA) is 46.1 Å². The van der Waals surface area contributed by atoms with Gasteiger partial charge in [-0.05, 0) is 6.42 Å². The third-order valence-electron chi connectivity index (χ3n) is 2.09. The second-order valence-electron chi connectivity index (χ2n) is 3.19. The van der Waals surface area contributed by atoms with Gasteiger partial charge in [-0.25, -0.2) is 0 Å². The van der Waals surface area contributed by atoms with Gasteiger partial charge < -0.3 is 0 Å². The number of aryl methyl sites for hydroxylation is 1. The Kier molecular flexibility index (Phi) is 2.73. The van der Waals surface area contributed by atoms with Crippen LogP contribution in [0.5, 0.6) is 0 Å². The fourth-order valence-corrected chi connectivity index (χ4v) is 2.49. The summed E-state index contributed by atoms with van der Waals surface area (Å²) in [5, 5.41) is 9.80. The zero-order valence-electron chi connectivity index (χ0n) is 7.80. The molecule has 2 heterocycles. The van der Waals surface area contributed by atoms with Gasteiger partial charge in [-0.3, -0.25) is 9.69 Å². The lowest BCUT2D eigenvalue weighted by atomic mass is 10.4. The number of hydrogen-bond donors (Lipinski definition) is 1. The minimum atomic E-state index is 0.101. The summed E-state index contributed by atoms with van der Waals surface area (Å²) in [6, 6.07) is 0. The van der Waals surface area contributed by atoms with Crippen molar-refractivity contribution >= 4 is 35.0 Å². The van der Waals surface area contributed by atoms with E-state index in [1.807, 2.05) is 6.92 Å². The number of anilines is 1. The van der Waals surface area contributed by atoms with Crippen LogP contribution in [0.25, 0.3) is 0 Å². The molecular formula is C8H11N3OS2. The van der Waals surface area contributed by atoms with Crippen molar-refractivity contribution in [1.82, 2.24) is 10.2 Å². The maximum absolute atomic E-state index is 11.5. The van der Waals surface area contributed by atoms with Gasteiger partial charge in [-0.2, -0.15) is 12.6 Å². The maximum Gasteiger partial charge on any atom is 0.230 e. The van der Waals surface area contributed by atoms with E-state index in [4.69, 9.17) is 0 Å². The van der Waals surface area contributed by atoms with Gasteiger partial charge >= 0.3 is 0 Å². The molecule has 1 aromatic heterocycles. The quantitative estimate of drug-likeness (QED) is 0.773. The van der Waals surface area contributed by atoms with Crippen LogP contribution in [-0.2, 0) is 11.2 Å². The summed E-state index contributed by atoms with van der Waals surface area (Å²) in [6.45, 7) is 2.68. The Morgan fingerprint density at radius 1 is 1.64 bits per heavy atom. The van der Waals surface area contributed by atoms with Crippen LogP contribution in [0, 0.1) is 0 Å². The summed E-state index contributed by atoms with van der Waals surface area (Å²) in [6.07, 6.45) is 1.37. The van der Waals surface area contributed by atoms with E-state index in [0.717, 1.165) is 11.4 Å².